The van der Waals surface area contributed by atoms with Crippen LogP contribution in [0.15, 0.2) is 22.8 Å². The molecule has 0 aliphatic rings. The molecule has 0 spiro atoms. The second-order valence-electron chi connectivity index (χ2n) is 4.82. The minimum atomic E-state index is -1.05. The van der Waals surface area contributed by atoms with Gasteiger partial charge >= 0.3 is 5.97 Å². The lowest BCUT2D eigenvalue weighted by atomic mass is 10.1. The molecule has 0 fully saturated rings. The van der Waals surface area contributed by atoms with Crippen LogP contribution in [0, 0.1) is 0 Å². The van der Waals surface area contributed by atoms with Gasteiger partial charge in [0.15, 0.2) is 0 Å². The summed E-state index contributed by atoms with van der Waals surface area (Å²) in [7, 11) is 0. The molecule has 1 rings (SSSR count). The van der Waals surface area contributed by atoms with Crippen LogP contribution in [0.4, 0.5) is 0 Å². The molecule has 1 aromatic rings. The van der Waals surface area contributed by atoms with Crippen LogP contribution in [0.2, 0.25) is 0 Å². The number of halogens is 1. The Morgan fingerprint density at radius 3 is 2.39 bits per heavy atom. The fourth-order valence-corrected chi connectivity index (χ4v) is 1.62. The molecule has 6 heteroatoms. The molecular weight excluding hydrogens is 300 g/mol. The second-order valence-corrected chi connectivity index (χ2v) is 5.73. The summed E-state index contributed by atoms with van der Waals surface area (Å²) in [4.78, 5) is 28.3. The first-order chi connectivity index (χ1) is 8.21. The standard InChI is InChI=1S/C12H15BrN2O3/c1-12(2,3)15(7-10(16)17)11(18)9-5-4-8(13)6-14-9/h4-6H,7H2,1-3H3,(H,16,17). The molecule has 0 bridgehead atoms. The lowest BCUT2D eigenvalue weighted by Gasteiger charge is -2.34. The first kappa shape index (κ1) is 14.6. The van der Waals surface area contributed by atoms with Gasteiger partial charge in [-0.2, -0.15) is 0 Å². The first-order valence-electron chi connectivity index (χ1n) is 5.37. The smallest absolute Gasteiger partial charge is 0.323 e. The highest BCUT2D eigenvalue weighted by molar-refractivity contribution is 9.10. The van der Waals surface area contributed by atoms with Gasteiger partial charge in [0.1, 0.15) is 12.2 Å². The Kier molecular flexibility index (Phi) is 4.45. The van der Waals surface area contributed by atoms with Gasteiger partial charge in [-0.15, -0.1) is 0 Å². The van der Waals surface area contributed by atoms with E-state index in [2.05, 4.69) is 20.9 Å². The number of carbonyl (C=O) groups excluding carboxylic acids is 1. The molecule has 1 heterocycles. The third-order valence-corrected chi connectivity index (χ3v) is 2.76. The lowest BCUT2D eigenvalue weighted by Crippen LogP contribution is -2.48. The third kappa shape index (κ3) is 3.80. The van der Waals surface area contributed by atoms with Crippen molar-refractivity contribution in [3.63, 3.8) is 0 Å². The SMILES string of the molecule is CC(C)(C)N(CC(=O)O)C(=O)c1ccc(Br)cn1. The Balaban J connectivity index is 3.02. The number of nitrogens with zero attached hydrogens (tertiary/aromatic N) is 2. The van der Waals surface area contributed by atoms with Crippen molar-refractivity contribution < 1.29 is 14.7 Å². The average Bonchev–Trinajstić information content (AvgIpc) is 2.24. The number of hydrogen-bond acceptors (Lipinski definition) is 3. The summed E-state index contributed by atoms with van der Waals surface area (Å²) in [5.41, 5.74) is -0.348. The number of carboxylic acids is 1. The van der Waals surface area contributed by atoms with E-state index in [4.69, 9.17) is 5.11 Å². The van der Waals surface area contributed by atoms with E-state index in [0.717, 1.165) is 4.47 Å². The van der Waals surface area contributed by atoms with E-state index in [-0.39, 0.29) is 12.2 Å². The summed E-state index contributed by atoms with van der Waals surface area (Å²) >= 11 is 3.23. The fourth-order valence-electron chi connectivity index (χ4n) is 1.39. The maximum atomic E-state index is 12.2. The maximum absolute atomic E-state index is 12.2. The molecule has 5 nitrogen and oxygen atoms in total. The highest BCUT2D eigenvalue weighted by Gasteiger charge is 2.29. The van der Waals surface area contributed by atoms with Crippen molar-refractivity contribution in [2.45, 2.75) is 26.3 Å². The van der Waals surface area contributed by atoms with Crippen LogP contribution in [0.3, 0.4) is 0 Å². The third-order valence-electron chi connectivity index (χ3n) is 2.29. The zero-order valence-corrected chi connectivity index (χ0v) is 12.1. The molecule has 1 amide bonds. The number of rotatable bonds is 3. The largest absolute Gasteiger partial charge is 0.480 e. The summed E-state index contributed by atoms with van der Waals surface area (Å²) < 4.78 is 0.764. The van der Waals surface area contributed by atoms with Gasteiger partial charge in [-0.05, 0) is 48.8 Å². The minimum Gasteiger partial charge on any atom is -0.480 e. The van der Waals surface area contributed by atoms with Gasteiger partial charge < -0.3 is 10.0 Å². The number of aromatic nitrogens is 1. The van der Waals surface area contributed by atoms with E-state index in [1.54, 1.807) is 32.9 Å². The summed E-state index contributed by atoms with van der Waals surface area (Å²) in [6.45, 7) is 5.01. The van der Waals surface area contributed by atoms with E-state index < -0.39 is 17.4 Å². The molecule has 0 saturated heterocycles. The molecule has 0 aliphatic heterocycles. The topological polar surface area (TPSA) is 70.5 Å². The van der Waals surface area contributed by atoms with Crippen molar-refractivity contribution in [1.82, 2.24) is 9.88 Å². The van der Waals surface area contributed by atoms with Crippen LogP contribution in [0.5, 0.6) is 0 Å². The molecule has 0 unspecified atom stereocenters. The number of amides is 1. The Labute approximate surface area is 114 Å². The van der Waals surface area contributed by atoms with E-state index in [1.807, 2.05) is 0 Å². The number of carbonyl (C=O) groups is 2. The van der Waals surface area contributed by atoms with E-state index in [9.17, 15) is 9.59 Å². The van der Waals surface area contributed by atoms with Gasteiger partial charge in [-0.1, -0.05) is 0 Å². The summed E-state index contributed by atoms with van der Waals surface area (Å²) in [6, 6.07) is 3.26. The Hall–Kier alpha value is -1.43. The average molecular weight is 315 g/mol. The van der Waals surface area contributed by atoms with E-state index >= 15 is 0 Å². The molecular formula is C12H15BrN2O3. The van der Waals surface area contributed by atoms with Gasteiger partial charge in [0.25, 0.3) is 5.91 Å². The quantitative estimate of drug-likeness (QED) is 0.928. The van der Waals surface area contributed by atoms with E-state index in [1.165, 1.54) is 11.1 Å². The van der Waals surface area contributed by atoms with Gasteiger partial charge in [-0.3, -0.25) is 9.59 Å². The van der Waals surface area contributed by atoms with Crippen molar-refractivity contribution in [2.75, 3.05) is 6.54 Å². The Morgan fingerprint density at radius 2 is 2.00 bits per heavy atom. The zero-order chi connectivity index (χ0) is 13.9. The fraction of sp³-hybridized carbons (Fsp3) is 0.417. The monoisotopic (exact) mass is 314 g/mol. The minimum absolute atomic E-state index is 0.231. The summed E-state index contributed by atoms with van der Waals surface area (Å²) in [5, 5.41) is 8.87. The van der Waals surface area contributed by atoms with Gasteiger partial charge in [0, 0.05) is 16.2 Å². The van der Waals surface area contributed by atoms with Crippen molar-refractivity contribution in [1.29, 1.82) is 0 Å². The van der Waals surface area contributed by atoms with Crippen molar-refractivity contribution >= 4 is 27.8 Å². The normalized spacial score (nSPS) is 11.1. The van der Waals surface area contributed by atoms with Gasteiger partial charge in [-0.25, -0.2) is 4.98 Å². The Bertz CT molecular complexity index is 451. The van der Waals surface area contributed by atoms with E-state index in [0.29, 0.717) is 0 Å². The molecule has 0 aromatic carbocycles. The van der Waals surface area contributed by atoms with Crippen LogP contribution in [0.1, 0.15) is 31.3 Å². The number of pyridine rings is 1. The molecule has 18 heavy (non-hydrogen) atoms. The molecule has 0 saturated carbocycles. The van der Waals surface area contributed by atoms with Gasteiger partial charge in [0.2, 0.25) is 0 Å². The predicted octanol–water partition coefficient (Wildman–Crippen LogP) is 2.17. The summed E-state index contributed by atoms with van der Waals surface area (Å²) in [6.07, 6.45) is 1.51. The highest BCUT2D eigenvalue weighted by atomic mass is 79.9. The molecule has 0 atom stereocenters. The van der Waals surface area contributed by atoms with Gasteiger partial charge in [0.05, 0.1) is 0 Å². The zero-order valence-electron chi connectivity index (χ0n) is 10.5. The predicted molar refractivity (Wildman–Crippen MR) is 70.4 cm³/mol. The highest BCUT2D eigenvalue weighted by Crippen LogP contribution is 2.17. The number of carboxylic acid groups (broad SMARTS) is 1. The van der Waals surface area contributed by atoms with Crippen molar-refractivity contribution in [3.8, 4) is 0 Å². The number of aliphatic carboxylic acids is 1. The maximum Gasteiger partial charge on any atom is 0.323 e. The van der Waals surface area contributed by atoms with Crippen molar-refractivity contribution in [3.05, 3.63) is 28.5 Å². The van der Waals surface area contributed by atoms with Crippen LogP contribution < -0.4 is 0 Å². The molecule has 1 N–H and O–H groups in total. The van der Waals surface area contributed by atoms with Crippen LogP contribution in [-0.4, -0.2) is 39.0 Å². The first-order valence-corrected chi connectivity index (χ1v) is 6.16. The second kappa shape index (κ2) is 5.48. The molecule has 98 valence electrons. The lowest BCUT2D eigenvalue weighted by molar-refractivity contribution is -0.138. The number of hydrogen-bond donors (Lipinski definition) is 1. The van der Waals surface area contributed by atoms with Crippen molar-refractivity contribution in [2.24, 2.45) is 0 Å². The van der Waals surface area contributed by atoms with Crippen LogP contribution in [0.25, 0.3) is 0 Å². The molecule has 1 aromatic heterocycles. The van der Waals surface area contributed by atoms with Crippen LogP contribution in [-0.2, 0) is 4.79 Å². The van der Waals surface area contributed by atoms with Crippen LogP contribution >= 0.6 is 15.9 Å². The summed E-state index contributed by atoms with van der Waals surface area (Å²) in [5.74, 6) is -1.44. The Morgan fingerprint density at radius 1 is 1.39 bits per heavy atom. The molecule has 0 radical (unpaired) electrons. The molecule has 0 aliphatic carbocycles.